The molecule has 0 aliphatic carbocycles. The van der Waals surface area contributed by atoms with Gasteiger partial charge in [0.15, 0.2) is 0 Å². The number of aromatic nitrogens is 2. The average molecular weight is 380 g/mol. The normalized spacial score (nSPS) is 10.1. The van der Waals surface area contributed by atoms with Gasteiger partial charge in [0.25, 0.3) is 0 Å². The van der Waals surface area contributed by atoms with Gasteiger partial charge in [0.05, 0.1) is 38.3 Å². The molecule has 2 aromatic carbocycles. The number of rotatable bonds is 7. The van der Waals surface area contributed by atoms with Crippen molar-refractivity contribution in [2.24, 2.45) is 0 Å². The first-order chi connectivity index (χ1) is 13.6. The zero-order valence-corrected chi connectivity index (χ0v) is 15.7. The summed E-state index contributed by atoms with van der Waals surface area (Å²) in [4.78, 5) is 20.4. The van der Waals surface area contributed by atoms with Crippen LogP contribution >= 0.6 is 0 Å². The summed E-state index contributed by atoms with van der Waals surface area (Å²) in [6, 6.07) is 14.2. The highest BCUT2D eigenvalue weighted by Crippen LogP contribution is 2.31. The van der Waals surface area contributed by atoms with Gasteiger partial charge in [-0.25, -0.2) is 14.8 Å². The molecule has 0 unspecified atom stereocenters. The van der Waals surface area contributed by atoms with Crippen molar-refractivity contribution in [3.8, 4) is 11.5 Å². The first-order valence-corrected chi connectivity index (χ1v) is 8.40. The van der Waals surface area contributed by atoms with Gasteiger partial charge in [-0.05, 0) is 24.3 Å². The number of carbonyl (C=O) groups excluding carboxylic acids is 1. The first-order valence-electron chi connectivity index (χ1n) is 8.40. The van der Waals surface area contributed by atoms with E-state index in [-0.39, 0.29) is 0 Å². The summed E-state index contributed by atoms with van der Waals surface area (Å²) in [6.45, 7) is 0. The van der Waals surface area contributed by atoms with Crippen molar-refractivity contribution in [2.45, 2.75) is 0 Å². The molecule has 0 bridgehead atoms. The van der Waals surface area contributed by atoms with E-state index < -0.39 is 5.97 Å². The molecule has 0 atom stereocenters. The Balaban J connectivity index is 1.83. The van der Waals surface area contributed by atoms with E-state index in [1.807, 2.05) is 18.2 Å². The molecule has 3 aromatic rings. The Hall–Kier alpha value is -3.81. The highest BCUT2D eigenvalue weighted by atomic mass is 16.5. The van der Waals surface area contributed by atoms with E-state index in [0.717, 1.165) is 5.69 Å². The smallest absolute Gasteiger partial charge is 0.339 e. The van der Waals surface area contributed by atoms with Crippen LogP contribution in [0.3, 0.4) is 0 Å². The minimum absolute atomic E-state index is 0.412. The number of benzene rings is 2. The molecule has 0 aliphatic rings. The molecule has 1 heterocycles. The van der Waals surface area contributed by atoms with E-state index in [0.29, 0.717) is 34.4 Å². The molecule has 0 saturated heterocycles. The number of para-hydroxylation sites is 1. The molecule has 3 rings (SSSR count). The van der Waals surface area contributed by atoms with Crippen molar-refractivity contribution in [1.29, 1.82) is 0 Å². The summed E-state index contributed by atoms with van der Waals surface area (Å²) >= 11 is 0. The molecule has 0 aliphatic heterocycles. The van der Waals surface area contributed by atoms with Crippen molar-refractivity contribution in [3.63, 3.8) is 0 Å². The minimum Gasteiger partial charge on any atom is -0.497 e. The third-order valence-corrected chi connectivity index (χ3v) is 3.93. The van der Waals surface area contributed by atoms with Gasteiger partial charge in [-0.15, -0.1) is 0 Å². The summed E-state index contributed by atoms with van der Waals surface area (Å²) in [5, 5.41) is 6.30. The lowest BCUT2D eigenvalue weighted by molar-refractivity contribution is 0.0602. The molecular formula is C20H20N4O4. The number of ether oxygens (including phenoxy) is 3. The highest BCUT2D eigenvalue weighted by Gasteiger charge is 2.12. The van der Waals surface area contributed by atoms with Gasteiger partial charge in [0, 0.05) is 12.1 Å². The maximum Gasteiger partial charge on any atom is 0.339 e. The van der Waals surface area contributed by atoms with E-state index in [2.05, 4.69) is 20.6 Å². The van der Waals surface area contributed by atoms with Crippen LogP contribution in [-0.4, -0.2) is 37.3 Å². The number of methoxy groups -OCH3 is 3. The fraction of sp³-hybridized carbons (Fsp3) is 0.150. The van der Waals surface area contributed by atoms with Gasteiger partial charge in [0.2, 0.25) is 0 Å². The van der Waals surface area contributed by atoms with Crippen LogP contribution in [0.15, 0.2) is 54.9 Å². The Kier molecular flexibility index (Phi) is 5.91. The quantitative estimate of drug-likeness (QED) is 0.598. The average Bonchev–Trinajstić information content (AvgIpc) is 2.74. The molecule has 0 amide bonds. The summed E-state index contributed by atoms with van der Waals surface area (Å²) in [7, 11) is 4.52. The third-order valence-electron chi connectivity index (χ3n) is 3.93. The molecule has 8 nitrogen and oxygen atoms in total. The number of anilines is 4. The lowest BCUT2D eigenvalue weighted by Gasteiger charge is -2.13. The summed E-state index contributed by atoms with van der Waals surface area (Å²) < 4.78 is 15.4. The summed E-state index contributed by atoms with van der Waals surface area (Å²) in [5.41, 5.74) is 1.72. The van der Waals surface area contributed by atoms with E-state index in [1.165, 1.54) is 13.4 Å². The first kappa shape index (κ1) is 19.0. The van der Waals surface area contributed by atoms with Crippen LogP contribution < -0.4 is 20.1 Å². The monoisotopic (exact) mass is 380 g/mol. The van der Waals surface area contributed by atoms with Gasteiger partial charge >= 0.3 is 5.97 Å². The van der Waals surface area contributed by atoms with Crippen LogP contribution in [0.2, 0.25) is 0 Å². The van der Waals surface area contributed by atoms with Crippen molar-refractivity contribution in [1.82, 2.24) is 9.97 Å². The molecule has 144 valence electrons. The molecule has 1 aromatic heterocycles. The minimum atomic E-state index is -0.432. The van der Waals surface area contributed by atoms with Crippen molar-refractivity contribution >= 4 is 29.0 Å². The maximum atomic E-state index is 11.9. The number of carbonyl (C=O) groups is 1. The second-order valence-corrected chi connectivity index (χ2v) is 5.64. The van der Waals surface area contributed by atoms with E-state index >= 15 is 0 Å². The molecule has 0 spiro atoms. The number of hydrogen-bond acceptors (Lipinski definition) is 8. The standard InChI is InChI=1S/C20H20N4O4/c1-26-13-8-9-16(17(10-13)27-2)24-19-11-18(21-12-22-19)23-15-7-5-4-6-14(15)20(25)28-3/h4-12H,1-3H3,(H2,21,22,23,24). The molecule has 28 heavy (non-hydrogen) atoms. The predicted octanol–water partition coefficient (Wildman–Crippen LogP) is 3.77. The highest BCUT2D eigenvalue weighted by molar-refractivity contribution is 5.96. The lowest BCUT2D eigenvalue weighted by atomic mass is 10.2. The Bertz CT molecular complexity index is 978. The van der Waals surface area contributed by atoms with E-state index in [1.54, 1.807) is 44.6 Å². The Morgan fingerprint density at radius 3 is 2.25 bits per heavy atom. The van der Waals surface area contributed by atoms with Crippen LogP contribution in [0.5, 0.6) is 11.5 Å². The van der Waals surface area contributed by atoms with Crippen LogP contribution in [0.25, 0.3) is 0 Å². The van der Waals surface area contributed by atoms with Crippen LogP contribution in [0.1, 0.15) is 10.4 Å². The Morgan fingerprint density at radius 1 is 0.857 bits per heavy atom. The molecule has 0 saturated carbocycles. The second kappa shape index (κ2) is 8.72. The maximum absolute atomic E-state index is 11.9. The lowest BCUT2D eigenvalue weighted by Crippen LogP contribution is -2.06. The largest absolute Gasteiger partial charge is 0.497 e. The van der Waals surface area contributed by atoms with E-state index in [9.17, 15) is 4.79 Å². The zero-order chi connectivity index (χ0) is 19.9. The topological polar surface area (TPSA) is 94.6 Å². The molecular weight excluding hydrogens is 360 g/mol. The Labute approximate surface area is 162 Å². The van der Waals surface area contributed by atoms with Gasteiger partial charge in [0.1, 0.15) is 29.5 Å². The van der Waals surface area contributed by atoms with Gasteiger partial charge < -0.3 is 24.8 Å². The third kappa shape index (κ3) is 4.29. The van der Waals surface area contributed by atoms with Gasteiger partial charge in [-0.2, -0.15) is 0 Å². The SMILES string of the molecule is COC(=O)c1ccccc1Nc1cc(Nc2ccc(OC)cc2OC)ncn1. The molecule has 2 N–H and O–H groups in total. The summed E-state index contributed by atoms with van der Waals surface area (Å²) in [5.74, 6) is 1.94. The summed E-state index contributed by atoms with van der Waals surface area (Å²) in [6.07, 6.45) is 1.42. The zero-order valence-electron chi connectivity index (χ0n) is 15.7. The number of hydrogen-bond donors (Lipinski definition) is 2. The van der Waals surface area contributed by atoms with Crippen LogP contribution in [-0.2, 0) is 4.74 Å². The van der Waals surface area contributed by atoms with Gasteiger partial charge in [-0.1, -0.05) is 12.1 Å². The predicted molar refractivity (Wildman–Crippen MR) is 106 cm³/mol. The molecule has 0 radical (unpaired) electrons. The van der Waals surface area contributed by atoms with Crippen molar-refractivity contribution in [3.05, 3.63) is 60.4 Å². The fourth-order valence-corrected chi connectivity index (χ4v) is 2.55. The molecule has 8 heteroatoms. The van der Waals surface area contributed by atoms with Gasteiger partial charge in [-0.3, -0.25) is 0 Å². The number of esters is 1. The van der Waals surface area contributed by atoms with Crippen LogP contribution in [0.4, 0.5) is 23.0 Å². The molecule has 0 fully saturated rings. The van der Waals surface area contributed by atoms with Crippen molar-refractivity contribution < 1.29 is 19.0 Å². The van der Waals surface area contributed by atoms with E-state index in [4.69, 9.17) is 14.2 Å². The number of nitrogens with one attached hydrogen (secondary N) is 2. The number of nitrogens with zero attached hydrogens (tertiary/aromatic N) is 2. The van der Waals surface area contributed by atoms with Crippen LogP contribution in [0, 0.1) is 0 Å². The Morgan fingerprint density at radius 2 is 1.57 bits per heavy atom. The van der Waals surface area contributed by atoms with Crippen molar-refractivity contribution in [2.75, 3.05) is 32.0 Å². The second-order valence-electron chi connectivity index (χ2n) is 5.64. The fourth-order valence-electron chi connectivity index (χ4n) is 2.55.